The second-order valence-electron chi connectivity index (χ2n) is 4.22. The molecule has 0 amide bonds. The zero-order valence-corrected chi connectivity index (χ0v) is 11.3. The van der Waals surface area contributed by atoms with E-state index in [1.54, 1.807) is 11.3 Å². The number of benzene rings is 1. The van der Waals surface area contributed by atoms with Crippen molar-refractivity contribution in [3.63, 3.8) is 0 Å². The number of aromatic nitrogens is 1. The lowest BCUT2D eigenvalue weighted by molar-refractivity contribution is 0.624. The van der Waals surface area contributed by atoms with Crippen LogP contribution < -0.4 is 5.32 Å². The number of hydrogen-bond donors (Lipinski definition) is 1. The van der Waals surface area contributed by atoms with Gasteiger partial charge in [0.2, 0.25) is 0 Å². The second-order valence-corrected chi connectivity index (χ2v) is 5.15. The normalized spacial score (nSPS) is 12.6. The van der Waals surface area contributed by atoms with Crippen LogP contribution in [0.3, 0.4) is 0 Å². The van der Waals surface area contributed by atoms with E-state index in [4.69, 9.17) is 0 Å². The fourth-order valence-electron chi connectivity index (χ4n) is 2.06. The van der Waals surface area contributed by atoms with Crippen LogP contribution in [-0.2, 0) is 0 Å². The predicted octanol–water partition coefficient (Wildman–Crippen LogP) is 3.46. The summed E-state index contributed by atoms with van der Waals surface area (Å²) < 4.78 is 0. The molecule has 2 rings (SSSR count). The van der Waals surface area contributed by atoms with Crippen molar-refractivity contribution in [3.8, 4) is 0 Å². The molecule has 0 saturated heterocycles. The van der Waals surface area contributed by atoms with E-state index in [1.165, 1.54) is 16.7 Å². The van der Waals surface area contributed by atoms with Crippen LogP contribution in [-0.4, -0.2) is 11.5 Å². The number of aryl methyl sites for hydroxylation is 2. The predicted molar refractivity (Wildman–Crippen MR) is 73.5 cm³/mol. The molecule has 1 N–H and O–H groups in total. The molecule has 3 heteroatoms. The van der Waals surface area contributed by atoms with Gasteiger partial charge in [0, 0.05) is 11.6 Å². The molecule has 17 heavy (non-hydrogen) atoms. The Morgan fingerprint density at radius 1 is 1.35 bits per heavy atom. The zero-order chi connectivity index (χ0) is 12.3. The van der Waals surface area contributed by atoms with Gasteiger partial charge in [0.25, 0.3) is 0 Å². The van der Waals surface area contributed by atoms with Gasteiger partial charge < -0.3 is 5.32 Å². The van der Waals surface area contributed by atoms with Crippen LogP contribution in [0.5, 0.6) is 0 Å². The van der Waals surface area contributed by atoms with Gasteiger partial charge in [-0.3, -0.25) is 0 Å². The standard InChI is InChI=1S/C14H18N2S/c1-4-15-13(14-16-7-8-17-14)12-6-5-10(2)9-11(12)3/h5-9,13,15H,4H2,1-3H3. The smallest absolute Gasteiger partial charge is 0.114 e. The summed E-state index contributed by atoms with van der Waals surface area (Å²) in [4.78, 5) is 4.43. The Hall–Kier alpha value is -1.19. The molecular weight excluding hydrogens is 228 g/mol. The van der Waals surface area contributed by atoms with Gasteiger partial charge in [-0.25, -0.2) is 4.98 Å². The van der Waals surface area contributed by atoms with Gasteiger partial charge in [-0.15, -0.1) is 11.3 Å². The number of thiazole rings is 1. The Morgan fingerprint density at radius 3 is 2.76 bits per heavy atom. The largest absolute Gasteiger partial charge is 0.305 e. The topological polar surface area (TPSA) is 24.9 Å². The third-order valence-electron chi connectivity index (χ3n) is 2.84. The summed E-state index contributed by atoms with van der Waals surface area (Å²) >= 11 is 1.71. The molecule has 1 atom stereocenters. The molecule has 2 nitrogen and oxygen atoms in total. The van der Waals surface area contributed by atoms with E-state index in [-0.39, 0.29) is 6.04 Å². The first-order chi connectivity index (χ1) is 8.22. The van der Waals surface area contributed by atoms with E-state index in [0.29, 0.717) is 0 Å². The number of nitrogens with zero attached hydrogens (tertiary/aromatic N) is 1. The molecule has 0 fully saturated rings. The summed E-state index contributed by atoms with van der Waals surface area (Å²) in [5.41, 5.74) is 3.96. The first-order valence-corrected chi connectivity index (χ1v) is 6.80. The Balaban J connectivity index is 2.39. The first kappa shape index (κ1) is 12.3. The molecule has 0 radical (unpaired) electrons. The van der Waals surface area contributed by atoms with Crippen molar-refractivity contribution in [2.24, 2.45) is 0 Å². The molecule has 0 aliphatic rings. The Kier molecular flexibility index (Phi) is 3.92. The second kappa shape index (κ2) is 5.43. The van der Waals surface area contributed by atoms with Crippen LogP contribution in [0.2, 0.25) is 0 Å². The SMILES string of the molecule is CCNC(c1nccs1)c1ccc(C)cc1C. The third-order valence-corrected chi connectivity index (χ3v) is 3.68. The van der Waals surface area contributed by atoms with Gasteiger partial charge in [0.05, 0.1) is 6.04 Å². The molecule has 1 aromatic carbocycles. The zero-order valence-electron chi connectivity index (χ0n) is 10.5. The summed E-state index contributed by atoms with van der Waals surface area (Å²) in [5.74, 6) is 0. The molecule has 1 aromatic heterocycles. The number of rotatable bonds is 4. The Morgan fingerprint density at radius 2 is 2.18 bits per heavy atom. The van der Waals surface area contributed by atoms with Gasteiger partial charge in [-0.2, -0.15) is 0 Å². The van der Waals surface area contributed by atoms with Crippen molar-refractivity contribution in [1.82, 2.24) is 10.3 Å². The third kappa shape index (κ3) is 2.73. The van der Waals surface area contributed by atoms with Gasteiger partial charge in [-0.05, 0) is 31.5 Å². The average molecular weight is 246 g/mol. The van der Waals surface area contributed by atoms with Crippen molar-refractivity contribution in [1.29, 1.82) is 0 Å². The lowest BCUT2D eigenvalue weighted by atomic mass is 9.99. The van der Waals surface area contributed by atoms with E-state index in [0.717, 1.165) is 11.6 Å². The van der Waals surface area contributed by atoms with Crippen molar-refractivity contribution >= 4 is 11.3 Å². The van der Waals surface area contributed by atoms with Crippen LogP contribution >= 0.6 is 11.3 Å². The molecular formula is C14H18N2S. The highest BCUT2D eigenvalue weighted by Crippen LogP contribution is 2.26. The quantitative estimate of drug-likeness (QED) is 0.893. The highest BCUT2D eigenvalue weighted by atomic mass is 32.1. The molecule has 2 aromatic rings. The van der Waals surface area contributed by atoms with Crippen LogP contribution in [0.4, 0.5) is 0 Å². The van der Waals surface area contributed by atoms with E-state index in [1.807, 2.05) is 11.6 Å². The minimum absolute atomic E-state index is 0.223. The monoisotopic (exact) mass is 246 g/mol. The van der Waals surface area contributed by atoms with E-state index in [2.05, 4.69) is 49.3 Å². The average Bonchev–Trinajstić information content (AvgIpc) is 2.80. The summed E-state index contributed by atoms with van der Waals surface area (Å²) in [6.07, 6.45) is 1.87. The minimum Gasteiger partial charge on any atom is -0.305 e. The van der Waals surface area contributed by atoms with E-state index >= 15 is 0 Å². The fraction of sp³-hybridized carbons (Fsp3) is 0.357. The van der Waals surface area contributed by atoms with E-state index < -0.39 is 0 Å². The van der Waals surface area contributed by atoms with Gasteiger partial charge in [0.1, 0.15) is 5.01 Å². The first-order valence-electron chi connectivity index (χ1n) is 5.92. The van der Waals surface area contributed by atoms with Crippen molar-refractivity contribution in [2.75, 3.05) is 6.54 Å². The lowest BCUT2D eigenvalue weighted by Gasteiger charge is -2.18. The van der Waals surface area contributed by atoms with Crippen molar-refractivity contribution in [3.05, 3.63) is 51.5 Å². The maximum Gasteiger partial charge on any atom is 0.114 e. The number of nitrogens with one attached hydrogen (secondary N) is 1. The van der Waals surface area contributed by atoms with Crippen LogP contribution in [0.25, 0.3) is 0 Å². The highest BCUT2D eigenvalue weighted by Gasteiger charge is 2.17. The molecule has 0 aliphatic carbocycles. The van der Waals surface area contributed by atoms with Crippen molar-refractivity contribution in [2.45, 2.75) is 26.8 Å². The Labute approximate surface area is 107 Å². The molecule has 0 aliphatic heterocycles. The van der Waals surface area contributed by atoms with E-state index in [9.17, 15) is 0 Å². The summed E-state index contributed by atoms with van der Waals surface area (Å²) in [5, 5.41) is 6.68. The summed E-state index contributed by atoms with van der Waals surface area (Å²) in [6, 6.07) is 6.83. The molecule has 1 unspecified atom stereocenters. The van der Waals surface area contributed by atoms with Crippen LogP contribution in [0.1, 0.15) is 34.7 Å². The van der Waals surface area contributed by atoms with Gasteiger partial charge in [-0.1, -0.05) is 30.7 Å². The number of hydrogen-bond acceptors (Lipinski definition) is 3. The van der Waals surface area contributed by atoms with Gasteiger partial charge >= 0.3 is 0 Å². The van der Waals surface area contributed by atoms with Gasteiger partial charge in [0.15, 0.2) is 0 Å². The lowest BCUT2D eigenvalue weighted by Crippen LogP contribution is -2.22. The molecule has 1 heterocycles. The molecule has 0 bridgehead atoms. The summed E-state index contributed by atoms with van der Waals surface area (Å²) in [6.45, 7) is 7.37. The van der Waals surface area contributed by atoms with Crippen LogP contribution in [0.15, 0.2) is 29.8 Å². The highest BCUT2D eigenvalue weighted by molar-refractivity contribution is 7.09. The maximum absolute atomic E-state index is 4.43. The fourth-order valence-corrected chi connectivity index (χ4v) is 2.79. The molecule has 0 saturated carbocycles. The molecule has 0 spiro atoms. The van der Waals surface area contributed by atoms with Crippen molar-refractivity contribution < 1.29 is 0 Å². The van der Waals surface area contributed by atoms with Crippen LogP contribution in [0, 0.1) is 13.8 Å². The maximum atomic E-state index is 4.43. The minimum atomic E-state index is 0.223. The summed E-state index contributed by atoms with van der Waals surface area (Å²) in [7, 11) is 0. The molecule has 90 valence electrons. The Bertz CT molecular complexity index is 477.